The second-order valence-corrected chi connectivity index (χ2v) is 6.59. The van der Waals surface area contributed by atoms with Crippen molar-refractivity contribution in [2.24, 2.45) is 0 Å². The summed E-state index contributed by atoms with van der Waals surface area (Å²) in [5.74, 6) is 0.391. The highest BCUT2D eigenvalue weighted by molar-refractivity contribution is 5.31. The molecular weight excluding hydrogens is 312 g/mol. The molecule has 1 aromatic heterocycles. The molecule has 0 spiro atoms. The second kappa shape index (κ2) is 9.51. The molecule has 3 rings (SSSR count). The summed E-state index contributed by atoms with van der Waals surface area (Å²) in [5.41, 5.74) is 3.20. The molecule has 1 aliphatic heterocycles. The van der Waals surface area contributed by atoms with E-state index in [4.69, 9.17) is 0 Å². The Bertz CT molecular complexity index is 632. The number of rotatable bonds is 2. The van der Waals surface area contributed by atoms with Crippen LogP contribution < -0.4 is 10.6 Å². The van der Waals surface area contributed by atoms with E-state index in [1.165, 1.54) is 0 Å². The Kier molecular flexibility index (Phi) is 6.79. The van der Waals surface area contributed by atoms with Crippen molar-refractivity contribution < 1.29 is 5.11 Å². The number of aromatic nitrogens is 1. The predicted molar refractivity (Wildman–Crippen MR) is 100 cm³/mol. The maximum atomic E-state index is 10.0. The van der Waals surface area contributed by atoms with E-state index in [1.54, 1.807) is 6.07 Å². The predicted octanol–water partition coefficient (Wildman–Crippen LogP) is 2.26. The van der Waals surface area contributed by atoms with Crippen LogP contribution in [0.5, 0.6) is 5.75 Å². The van der Waals surface area contributed by atoms with Crippen molar-refractivity contribution in [1.82, 2.24) is 20.5 Å². The van der Waals surface area contributed by atoms with Gasteiger partial charge in [0, 0.05) is 25.2 Å². The number of para-hydroxylation sites is 1. The highest BCUT2D eigenvalue weighted by Gasteiger charge is 2.09. The van der Waals surface area contributed by atoms with Crippen LogP contribution in [-0.4, -0.2) is 41.2 Å². The van der Waals surface area contributed by atoms with Crippen molar-refractivity contribution in [2.45, 2.75) is 32.5 Å². The lowest BCUT2D eigenvalue weighted by atomic mass is 10.1. The monoisotopic (exact) mass is 340 g/mol. The van der Waals surface area contributed by atoms with Gasteiger partial charge in [0.25, 0.3) is 0 Å². The van der Waals surface area contributed by atoms with Crippen LogP contribution in [-0.2, 0) is 19.6 Å². The highest BCUT2D eigenvalue weighted by Crippen LogP contribution is 2.18. The highest BCUT2D eigenvalue weighted by atomic mass is 16.3. The van der Waals surface area contributed by atoms with E-state index < -0.39 is 0 Å². The third-order valence-electron chi connectivity index (χ3n) is 4.52. The number of nitrogens with one attached hydrogen (secondary N) is 2. The maximum Gasteiger partial charge on any atom is 0.120 e. The van der Waals surface area contributed by atoms with Crippen LogP contribution in [0.4, 0.5) is 0 Å². The van der Waals surface area contributed by atoms with E-state index in [0.29, 0.717) is 5.75 Å². The average molecular weight is 340 g/mol. The van der Waals surface area contributed by atoms with Crippen LogP contribution in [0.25, 0.3) is 0 Å². The van der Waals surface area contributed by atoms with Gasteiger partial charge in [-0.05, 0) is 57.2 Å². The third kappa shape index (κ3) is 5.81. The number of benzene rings is 1. The number of pyridine rings is 1. The summed E-state index contributed by atoms with van der Waals surface area (Å²) in [7, 11) is 0. The van der Waals surface area contributed by atoms with Crippen molar-refractivity contribution >= 4 is 0 Å². The van der Waals surface area contributed by atoms with E-state index in [2.05, 4.69) is 38.7 Å². The Morgan fingerprint density at radius 2 is 1.52 bits per heavy atom. The number of hydrogen-bond donors (Lipinski definition) is 3. The van der Waals surface area contributed by atoms with Crippen molar-refractivity contribution in [1.29, 1.82) is 0 Å². The summed E-state index contributed by atoms with van der Waals surface area (Å²) in [4.78, 5) is 7.11. The summed E-state index contributed by atoms with van der Waals surface area (Å²) in [6.45, 7) is 6.42. The van der Waals surface area contributed by atoms with Crippen LogP contribution in [0.1, 0.15) is 29.8 Å². The average Bonchev–Trinajstić information content (AvgIpc) is 2.62. The Hall–Kier alpha value is -1.95. The molecule has 134 valence electrons. The summed E-state index contributed by atoms with van der Waals surface area (Å²) >= 11 is 0. The van der Waals surface area contributed by atoms with Crippen molar-refractivity contribution in [3.63, 3.8) is 0 Å². The minimum Gasteiger partial charge on any atom is -0.508 e. The van der Waals surface area contributed by atoms with E-state index in [-0.39, 0.29) is 0 Å². The Labute approximate surface area is 150 Å². The number of fused-ring (bicyclic) bond motifs is 2. The van der Waals surface area contributed by atoms with Crippen LogP contribution in [0, 0.1) is 0 Å². The first kappa shape index (κ1) is 17.9. The lowest BCUT2D eigenvalue weighted by molar-refractivity contribution is 0.253. The van der Waals surface area contributed by atoms with Gasteiger partial charge in [0.05, 0.1) is 11.4 Å². The molecule has 0 atom stereocenters. The van der Waals surface area contributed by atoms with Gasteiger partial charge in [0.1, 0.15) is 5.75 Å². The molecule has 1 aliphatic rings. The first-order valence-corrected chi connectivity index (χ1v) is 9.17. The van der Waals surface area contributed by atoms with Crippen molar-refractivity contribution in [3.05, 3.63) is 59.4 Å². The Balaban J connectivity index is 1.58. The van der Waals surface area contributed by atoms with Crippen LogP contribution in [0.2, 0.25) is 0 Å². The summed E-state index contributed by atoms with van der Waals surface area (Å²) in [5, 5.41) is 17.0. The van der Waals surface area contributed by atoms with E-state index in [0.717, 1.165) is 75.6 Å². The van der Waals surface area contributed by atoms with Crippen molar-refractivity contribution in [3.8, 4) is 5.75 Å². The first-order valence-electron chi connectivity index (χ1n) is 9.17. The zero-order valence-corrected chi connectivity index (χ0v) is 14.7. The lowest BCUT2D eigenvalue weighted by Crippen LogP contribution is -2.30. The van der Waals surface area contributed by atoms with Gasteiger partial charge in [0.15, 0.2) is 0 Å². The quantitative estimate of drug-likeness (QED) is 0.783. The molecule has 0 saturated carbocycles. The number of nitrogens with zero attached hydrogens (tertiary/aromatic N) is 2. The van der Waals surface area contributed by atoms with Gasteiger partial charge in [0.2, 0.25) is 0 Å². The lowest BCUT2D eigenvalue weighted by Gasteiger charge is -2.23. The minimum atomic E-state index is 0.391. The molecule has 3 N–H and O–H groups in total. The molecule has 2 bridgehead atoms. The van der Waals surface area contributed by atoms with Crippen LogP contribution in [0.3, 0.4) is 0 Å². The Morgan fingerprint density at radius 1 is 0.880 bits per heavy atom. The summed E-state index contributed by atoms with van der Waals surface area (Å²) < 4.78 is 0. The van der Waals surface area contributed by atoms with Gasteiger partial charge in [-0.1, -0.05) is 24.3 Å². The van der Waals surface area contributed by atoms with Crippen molar-refractivity contribution in [2.75, 3.05) is 26.2 Å². The standard InChI is InChI=1S/C20H28N4O/c25-20-9-2-1-6-17(20)16-24-12-4-10-21-14-18-7-3-8-19(23-18)15-22-11-5-13-24/h1-3,6-9,21-22,25H,4-5,10-16H2. The van der Waals surface area contributed by atoms with E-state index >= 15 is 0 Å². The van der Waals surface area contributed by atoms with E-state index in [1.807, 2.05) is 18.2 Å². The molecule has 0 amide bonds. The number of hydrogen-bond acceptors (Lipinski definition) is 5. The van der Waals surface area contributed by atoms with Crippen LogP contribution in [0.15, 0.2) is 42.5 Å². The molecule has 0 unspecified atom stereocenters. The second-order valence-electron chi connectivity index (χ2n) is 6.59. The molecule has 2 heterocycles. The molecule has 2 aromatic rings. The molecular formula is C20H28N4O. The minimum absolute atomic E-state index is 0.391. The topological polar surface area (TPSA) is 60.4 Å². The van der Waals surface area contributed by atoms with Gasteiger partial charge < -0.3 is 15.7 Å². The zero-order chi connectivity index (χ0) is 17.3. The molecule has 5 heteroatoms. The maximum absolute atomic E-state index is 10.0. The molecule has 5 nitrogen and oxygen atoms in total. The normalized spacial score (nSPS) is 17.8. The molecule has 0 aliphatic carbocycles. The molecule has 0 fully saturated rings. The van der Waals surface area contributed by atoms with Crippen LogP contribution >= 0.6 is 0 Å². The smallest absolute Gasteiger partial charge is 0.120 e. The van der Waals surface area contributed by atoms with Gasteiger partial charge in [-0.15, -0.1) is 0 Å². The number of phenols is 1. The fraction of sp³-hybridized carbons (Fsp3) is 0.450. The Morgan fingerprint density at radius 3 is 2.16 bits per heavy atom. The fourth-order valence-electron chi connectivity index (χ4n) is 3.17. The molecule has 0 saturated heterocycles. The SMILES string of the molecule is Oc1ccccc1CN1CCCNCc2cccc(n2)CNCCC1. The first-order chi connectivity index (χ1) is 12.3. The summed E-state index contributed by atoms with van der Waals surface area (Å²) in [6, 6.07) is 13.9. The zero-order valence-electron chi connectivity index (χ0n) is 14.7. The summed E-state index contributed by atoms with van der Waals surface area (Å²) in [6.07, 6.45) is 2.17. The van der Waals surface area contributed by atoms with Gasteiger partial charge >= 0.3 is 0 Å². The third-order valence-corrected chi connectivity index (χ3v) is 4.52. The molecule has 25 heavy (non-hydrogen) atoms. The largest absolute Gasteiger partial charge is 0.508 e. The van der Waals surface area contributed by atoms with E-state index in [9.17, 15) is 5.11 Å². The van der Waals surface area contributed by atoms with Gasteiger partial charge in [-0.25, -0.2) is 0 Å². The van der Waals surface area contributed by atoms with Gasteiger partial charge in [-0.2, -0.15) is 0 Å². The fourth-order valence-corrected chi connectivity index (χ4v) is 3.17. The molecule has 0 radical (unpaired) electrons. The number of phenolic OH excluding ortho intramolecular Hbond substituents is 1. The number of aromatic hydroxyl groups is 1. The van der Waals surface area contributed by atoms with Gasteiger partial charge in [-0.3, -0.25) is 9.88 Å². The molecule has 1 aromatic carbocycles.